The van der Waals surface area contributed by atoms with Crippen molar-refractivity contribution in [3.8, 4) is 5.75 Å². The van der Waals surface area contributed by atoms with Gasteiger partial charge in [-0.3, -0.25) is 9.78 Å². The molecule has 0 aliphatic heterocycles. The van der Waals surface area contributed by atoms with Crippen LogP contribution in [0.2, 0.25) is 0 Å². The third-order valence-corrected chi connectivity index (χ3v) is 4.46. The summed E-state index contributed by atoms with van der Waals surface area (Å²) in [5, 5.41) is 9.20. The van der Waals surface area contributed by atoms with Crippen LogP contribution >= 0.6 is 11.8 Å². The number of carbonyl (C=O) groups is 1. The minimum Gasteiger partial charge on any atom is -0.488 e. The van der Waals surface area contributed by atoms with E-state index in [1.165, 1.54) is 0 Å². The summed E-state index contributed by atoms with van der Waals surface area (Å²) in [5.74, 6) is -0.887. The second-order valence-electron chi connectivity index (χ2n) is 6.60. The van der Waals surface area contributed by atoms with Crippen molar-refractivity contribution in [3.05, 3.63) is 53.9 Å². The summed E-state index contributed by atoms with van der Waals surface area (Å²) in [7, 11) is 0. The smallest absolute Gasteiger partial charge is 0.312 e. The highest BCUT2D eigenvalue weighted by molar-refractivity contribution is 8.00. The molecule has 1 atom stereocenters. The summed E-state index contributed by atoms with van der Waals surface area (Å²) >= 11 is 1.66. The van der Waals surface area contributed by atoms with E-state index in [-0.39, 0.29) is 4.75 Å². The SMILES string of the molecule is CC(C(=O)O)c1cc(OCc2ccccc2)c(SC(C)(C)C)cn1. The third-order valence-electron chi connectivity index (χ3n) is 3.32. The summed E-state index contributed by atoms with van der Waals surface area (Å²) in [6, 6.07) is 11.6. The summed E-state index contributed by atoms with van der Waals surface area (Å²) in [5.41, 5.74) is 1.57. The average Bonchev–Trinajstić information content (AvgIpc) is 2.52. The Morgan fingerprint density at radius 3 is 2.54 bits per heavy atom. The molecular weight excluding hydrogens is 322 g/mol. The maximum atomic E-state index is 11.2. The largest absolute Gasteiger partial charge is 0.488 e. The van der Waals surface area contributed by atoms with E-state index in [0.29, 0.717) is 18.1 Å². The third kappa shape index (κ3) is 5.27. The van der Waals surface area contributed by atoms with Gasteiger partial charge in [0.05, 0.1) is 16.5 Å². The standard InChI is InChI=1S/C19H23NO3S/c1-13(18(21)22)15-10-16(17(11-20-15)24-19(2,3)4)23-12-14-8-6-5-7-9-14/h5-11,13H,12H2,1-4H3,(H,21,22). The van der Waals surface area contributed by atoms with Gasteiger partial charge in [0, 0.05) is 17.0 Å². The molecule has 0 radical (unpaired) electrons. The molecule has 1 heterocycles. The zero-order chi connectivity index (χ0) is 17.7. The maximum Gasteiger partial charge on any atom is 0.312 e. The van der Waals surface area contributed by atoms with Crippen LogP contribution in [0, 0.1) is 0 Å². The van der Waals surface area contributed by atoms with Crippen LogP contribution in [0.5, 0.6) is 5.75 Å². The summed E-state index contributed by atoms with van der Waals surface area (Å²) < 4.78 is 5.99. The molecule has 1 N–H and O–H groups in total. The lowest BCUT2D eigenvalue weighted by Crippen LogP contribution is -2.11. The predicted octanol–water partition coefficient (Wildman–Crippen LogP) is 4.74. The maximum absolute atomic E-state index is 11.2. The van der Waals surface area contributed by atoms with Crippen LogP contribution in [0.15, 0.2) is 47.5 Å². The van der Waals surface area contributed by atoms with Crippen LogP contribution in [0.25, 0.3) is 0 Å². The van der Waals surface area contributed by atoms with Crippen molar-refractivity contribution < 1.29 is 14.6 Å². The molecule has 4 nitrogen and oxygen atoms in total. The molecule has 2 rings (SSSR count). The first-order valence-electron chi connectivity index (χ1n) is 7.85. The number of aromatic nitrogens is 1. The number of carboxylic acid groups (broad SMARTS) is 1. The van der Waals surface area contributed by atoms with E-state index in [1.807, 2.05) is 30.3 Å². The normalized spacial score (nSPS) is 12.7. The fourth-order valence-electron chi connectivity index (χ4n) is 2.06. The molecule has 1 unspecified atom stereocenters. The Bertz CT molecular complexity index is 696. The van der Waals surface area contributed by atoms with Gasteiger partial charge in [-0.25, -0.2) is 0 Å². The molecule has 0 saturated carbocycles. The highest BCUT2D eigenvalue weighted by atomic mass is 32.2. The quantitative estimate of drug-likeness (QED) is 0.766. The van der Waals surface area contributed by atoms with Gasteiger partial charge in [-0.2, -0.15) is 0 Å². The monoisotopic (exact) mass is 345 g/mol. The van der Waals surface area contributed by atoms with Gasteiger partial charge in [-0.1, -0.05) is 51.1 Å². The van der Waals surface area contributed by atoms with Gasteiger partial charge in [0.15, 0.2) is 0 Å². The topological polar surface area (TPSA) is 59.4 Å². The Balaban J connectivity index is 2.28. The predicted molar refractivity (Wildman–Crippen MR) is 96.7 cm³/mol. The van der Waals surface area contributed by atoms with Gasteiger partial charge < -0.3 is 9.84 Å². The molecule has 2 aromatic rings. The highest BCUT2D eigenvalue weighted by Crippen LogP contribution is 2.38. The Labute approximate surface area is 147 Å². The molecule has 0 aliphatic carbocycles. The fourth-order valence-corrected chi connectivity index (χ4v) is 3.04. The number of benzene rings is 1. The molecule has 1 aromatic carbocycles. The van der Waals surface area contributed by atoms with Crippen molar-refractivity contribution in [1.29, 1.82) is 0 Å². The van der Waals surface area contributed by atoms with Gasteiger partial charge in [-0.05, 0) is 12.5 Å². The zero-order valence-electron chi connectivity index (χ0n) is 14.4. The van der Waals surface area contributed by atoms with E-state index in [0.717, 1.165) is 10.5 Å². The number of hydrogen-bond acceptors (Lipinski definition) is 4. The molecule has 0 aliphatic rings. The molecule has 128 valence electrons. The molecule has 0 fully saturated rings. The van der Waals surface area contributed by atoms with E-state index in [9.17, 15) is 9.90 Å². The molecule has 24 heavy (non-hydrogen) atoms. The van der Waals surface area contributed by atoms with Crippen molar-refractivity contribution in [2.24, 2.45) is 0 Å². The second-order valence-corrected chi connectivity index (χ2v) is 8.47. The highest BCUT2D eigenvalue weighted by Gasteiger charge is 2.20. The fraction of sp³-hybridized carbons (Fsp3) is 0.368. The Hall–Kier alpha value is -2.01. The lowest BCUT2D eigenvalue weighted by molar-refractivity contribution is -0.138. The lowest BCUT2D eigenvalue weighted by Gasteiger charge is -2.20. The van der Waals surface area contributed by atoms with Crippen molar-refractivity contribution >= 4 is 17.7 Å². The van der Waals surface area contributed by atoms with Crippen molar-refractivity contribution in [2.75, 3.05) is 0 Å². The van der Waals surface area contributed by atoms with E-state index in [2.05, 4.69) is 25.8 Å². The van der Waals surface area contributed by atoms with Gasteiger partial charge in [0.25, 0.3) is 0 Å². The Morgan fingerprint density at radius 2 is 1.96 bits per heavy atom. The van der Waals surface area contributed by atoms with Crippen LogP contribution in [0.1, 0.15) is 44.9 Å². The number of nitrogens with zero attached hydrogens (tertiary/aromatic N) is 1. The van der Waals surface area contributed by atoms with Crippen molar-refractivity contribution in [2.45, 2.75) is 49.9 Å². The van der Waals surface area contributed by atoms with Crippen LogP contribution in [0.3, 0.4) is 0 Å². The summed E-state index contributed by atoms with van der Waals surface area (Å²) in [6.07, 6.45) is 1.71. The second kappa shape index (κ2) is 7.71. The molecular formula is C19H23NO3S. The van der Waals surface area contributed by atoms with Crippen molar-refractivity contribution in [3.63, 3.8) is 0 Å². The van der Waals surface area contributed by atoms with Crippen LogP contribution in [-0.2, 0) is 11.4 Å². The first-order chi connectivity index (χ1) is 11.3. The molecule has 0 amide bonds. The first-order valence-corrected chi connectivity index (χ1v) is 8.66. The molecule has 0 saturated heterocycles. The van der Waals surface area contributed by atoms with Gasteiger partial charge in [0.1, 0.15) is 12.4 Å². The molecule has 5 heteroatoms. The number of hydrogen-bond donors (Lipinski definition) is 1. The van der Waals surface area contributed by atoms with E-state index < -0.39 is 11.9 Å². The van der Waals surface area contributed by atoms with Crippen molar-refractivity contribution in [1.82, 2.24) is 4.98 Å². The van der Waals surface area contributed by atoms with Crippen LogP contribution in [0.4, 0.5) is 0 Å². The van der Waals surface area contributed by atoms with Gasteiger partial charge in [0.2, 0.25) is 0 Å². The minimum absolute atomic E-state index is 0.00642. The minimum atomic E-state index is -0.896. The van der Waals surface area contributed by atoms with Crippen LogP contribution in [-0.4, -0.2) is 20.8 Å². The number of rotatable bonds is 6. The van der Waals surface area contributed by atoms with E-state index in [4.69, 9.17) is 4.74 Å². The molecule has 1 aromatic heterocycles. The van der Waals surface area contributed by atoms with E-state index >= 15 is 0 Å². The lowest BCUT2D eigenvalue weighted by atomic mass is 10.1. The number of ether oxygens (including phenoxy) is 1. The average molecular weight is 345 g/mol. The first kappa shape index (κ1) is 18.3. The number of pyridine rings is 1. The summed E-state index contributed by atoms with van der Waals surface area (Å²) in [4.78, 5) is 16.5. The number of aliphatic carboxylic acids is 1. The number of thioether (sulfide) groups is 1. The molecule has 0 spiro atoms. The summed E-state index contributed by atoms with van der Waals surface area (Å²) in [6.45, 7) is 8.41. The van der Waals surface area contributed by atoms with Gasteiger partial charge >= 0.3 is 5.97 Å². The zero-order valence-corrected chi connectivity index (χ0v) is 15.3. The van der Waals surface area contributed by atoms with E-state index in [1.54, 1.807) is 30.9 Å². The Kier molecular flexibility index (Phi) is 5.89. The van der Waals surface area contributed by atoms with Gasteiger partial charge in [-0.15, -0.1) is 11.8 Å². The number of carboxylic acids is 1. The molecule has 0 bridgehead atoms. The Morgan fingerprint density at radius 1 is 1.29 bits per heavy atom. The van der Waals surface area contributed by atoms with Crippen LogP contribution < -0.4 is 4.74 Å².